The molecule has 0 saturated carbocycles. The number of hydrogen-bond acceptors (Lipinski definition) is 2. The zero-order valence-electron chi connectivity index (χ0n) is 9.71. The molecule has 0 aromatic rings. The lowest BCUT2D eigenvalue weighted by molar-refractivity contribution is 0.321. The molecule has 0 aromatic heterocycles. The van der Waals surface area contributed by atoms with Crippen molar-refractivity contribution in [1.29, 1.82) is 0 Å². The Morgan fingerprint density at radius 1 is 1.08 bits per heavy atom. The Morgan fingerprint density at radius 3 is 2.15 bits per heavy atom. The summed E-state index contributed by atoms with van der Waals surface area (Å²) in [5.74, 6) is 0. The molecule has 0 atom stereocenters. The fourth-order valence-electron chi connectivity index (χ4n) is 1.31. The molecule has 0 bridgehead atoms. The van der Waals surface area contributed by atoms with Gasteiger partial charge >= 0.3 is 0 Å². The van der Waals surface area contributed by atoms with Crippen LogP contribution in [0.4, 0.5) is 0 Å². The minimum Gasteiger partial charge on any atom is -0.309 e. The molecule has 1 radical (unpaired) electrons. The second-order valence-corrected chi connectivity index (χ2v) is 3.72. The molecule has 0 heterocycles. The summed E-state index contributed by atoms with van der Waals surface area (Å²) in [6.07, 6.45) is 4.93. The van der Waals surface area contributed by atoms with Gasteiger partial charge in [-0.2, -0.15) is 0 Å². The first-order chi connectivity index (χ1) is 6.20. The summed E-state index contributed by atoms with van der Waals surface area (Å²) < 4.78 is 0. The lowest BCUT2D eigenvalue weighted by Crippen LogP contribution is -2.24. The highest BCUT2D eigenvalue weighted by Crippen LogP contribution is 1.97. The first kappa shape index (κ1) is 12.9. The van der Waals surface area contributed by atoms with Gasteiger partial charge in [0.2, 0.25) is 0 Å². The molecule has 0 unspecified atom stereocenters. The van der Waals surface area contributed by atoms with Gasteiger partial charge in [-0.05, 0) is 53.0 Å². The van der Waals surface area contributed by atoms with Crippen molar-refractivity contribution in [2.45, 2.75) is 26.7 Å². The molecule has 0 amide bonds. The van der Waals surface area contributed by atoms with Crippen LogP contribution in [-0.2, 0) is 0 Å². The lowest BCUT2D eigenvalue weighted by Gasteiger charge is -2.17. The smallest absolute Gasteiger partial charge is 0.00126 e. The maximum Gasteiger partial charge on any atom is 0.00126 e. The van der Waals surface area contributed by atoms with E-state index < -0.39 is 0 Å². The second-order valence-electron chi connectivity index (χ2n) is 3.72. The van der Waals surface area contributed by atoms with Crippen LogP contribution < -0.4 is 0 Å². The molecule has 0 aliphatic heterocycles. The quantitative estimate of drug-likeness (QED) is 0.533. The molecular formula is C11H25N2. The third-order valence-electron chi connectivity index (χ3n) is 2.30. The van der Waals surface area contributed by atoms with Crippen LogP contribution in [0.3, 0.4) is 0 Å². The Bertz CT molecular complexity index is 98.3. The van der Waals surface area contributed by atoms with E-state index in [1.54, 1.807) is 0 Å². The summed E-state index contributed by atoms with van der Waals surface area (Å²) in [5.41, 5.74) is 0. The van der Waals surface area contributed by atoms with Crippen LogP contribution in [0.15, 0.2) is 0 Å². The summed E-state index contributed by atoms with van der Waals surface area (Å²) in [5, 5.41) is 0. The monoisotopic (exact) mass is 185 g/mol. The molecule has 0 aliphatic rings. The average Bonchev–Trinajstić information content (AvgIpc) is 2.11. The summed E-state index contributed by atoms with van der Waals surface area (Å²) >= 11 is 0. The number of nitrogens with zero attached hydrogens (tertiary/aromatic N) is 2. The molecule has 2 heteroatoms. The molecule has 0 saturated heterocycles. The molecule has 0 spiro atoms. The second kappa shape index (κ2) is 8.52. The van der Waals surface area contributed by atoms with Gasteiger partial charge in [-0.3, -0.25) is 0 Å². The van der Waals surface area contributed by atoms with Crippen molar-refractivity contribution in [3.8, 4) is 0 Å². The van der Waals surface area contributed by atoms with Gasteiger partial charge in [0, 0.05) is 6.54 Å². The Hall–Kier alpha value is -0.0800. The molecule has 0 aromatic carbocycles. The number of unbranched alkanes of at least 4 members (excludes halogenated alkanes) is 2. The van der Waals surface area contributed by atoms with Crippen LogP contribution in [0.2, 0.25) is 0 Å². The topological polar surface area (TPSA) is 6.48 Å². The van der Waals surface area contributed by atoms with E-state index in [0.717, 1.165) is 6.54 Å². The molecule has 79 valence electrons. The van der Waals surface area contributed by atoms with Gasteiger partial charge in [0.1, 0.15) is 0 Å². The molecule has 2 nitrogen and oxygen atoms in total. The van der Waals surface area contributed by atoms with Crippen LogP contribution in [0.1, 0.15) is 26.7 Å². The number of hydrogen-bond donors (Lipinski definition) is 0. The van der Waals surface area contributed by atoms with Crippen LogP contribution in [0.25, 0.3) is 0 Å². The maximum atomic E-state index is 2.44. The summed E-state index contributed by atoms with van der Waals surface area (Å²) in [6, 6.07) is 0. The van der Waals surface area contributed by atoms with Crippen molar-refractivity contribution in [3.05, 3.63) is 6.42 Å². The molecular weight excluding hydrogens is 160 g/mol. The van der Waals surface area contributed by atoms with Crippen LogP contribution >= 0.6 is 0 Å². The number of rotatable bonds is 8. The van der Waals surface area contributed by atoms with E-state index in [-0.39, 0.29) is 0 Å². The zero-order valence-corrected chi connectivity index (χ0v) is 9.71. The molecule has 0 rings (SSSR count). The fraction of sp³-hybridized carbons (Fsp3) is 0.909. The zero-order chi connectivity index (χ0) is 10.1. The molecule has 0 fully saturated rings. The van der Waals surface area contributed by atoms with Crippen LogP contribution in [0.5, 0.6) is 0 Å². The Kier molecular flexibility index (Phi) is 8.46. The Morgan fingerprint density at radius 2 is 1.69 bits per heavy atom. The highest BCUT2D eigenvalue weighted by Gasteiger charge is 1.98. The van der Waals surface area contributed by atoms with Crippen molar-refractivity contribution < 1.29 is 0 Å². The summed E-state index contributed by atoms with van der Waals surface area (Å²) in [4.78, 5) is 4.68. The summed E-state index contributed by atoms with van der Waals surface area (Å²) in [6.45, 7) is 9.13. The van der Waals surface area contributed by atoms with Crippen molar-refractivity contribution in [1.82, 2.24) is 9.80 Å². The predicted octanol–water partition coefficient (Wildman–Crippen LogP) is 1.87. The fourth-order valence-corrected chi connectivity index (χ4v) is 1.31. The summed E-state index contributed by atoms with van der Waals surface area (Å²) in [7, 11) is 4.26. The standard InChI is InChI=1S/C11H25N2/c1-5-13(6-2)11-9-7-8-10-12(3)4/h9H,5-8,10-11H2,1-4H3. The van der Waals surface area contributed by atoms with Gasteiger partial charge in [0.05, 0.1) is 0 Å². The average molecular weight is 185 g/mol. The third kappa shape index (κ3) is 8.26. The van der Waals surface area contributed by atoms with E-state index >= 15 is 0 Å². The Labute approximate surface area is 83.9 Å². The van der Waals surface area contributed by atoms with Gasteiger partial charge in [0.15, 0.2) is 0 Å². The molecule has 0 aliphatic carbocycles. The van der Waals surface area contributed by atoms with Gasteiger partial charge < -0.3 is 9.80 Å². The minimum absolute atomic E-state index is 1.15. The SMILES string of the molecule is CCN(CC)C[CH]CCCN(C)C. The van der Waals surface area contributed by atoms with E-state index in [1.807, 2.05) is 0 Å². The third-order valence-corrected chi connectivity index (χ3v) is 2.30. The van der Waals surface area contributed by atoms with Crippen molar-refractivity contribution in [3.63, 3.8) is 0 Å². The van der Waals surface area contributed by atoms with E-state index in [1.165, 1.54) is 32.5 Å². The van der Waals surface area contributed by atoms with E-state index in [2.05, 4.69) is 44.2 Å². The lowest BCUT2D eigenvalue weighted by atomic mass is 10.2. The first-order valence-electron chi connectivity index (χ1n) is 5.39. The van der Waals surface area contributed by atoms with Crippen molar-refractivity contribution >= 4 is 0 Å². The van der Waals surface area contributed by atoms with E-state index in [0.29, 0.717) is 0 Å². The van der Waals surface area contributed by atoms with E-state index in [9.17, 15) is 0 Å². The highest BCUT2D eigenvalue weighted by molar-refractivity contribution is 4.70. The van der Waals surface area contributed by atoms with Crippen molar-refractivity contribution in [2.75, 3.05) is 40.3 Å². The molecule has 0 N–H and O–H groups in total. The highest BCUT2D eigenvalue weighted by atomic mass is 15.1. The maximum absolute atomic E-state index is 2.44. The largest absolute Gasteiger partial charge is 0.309 e. The molecule has 13 heavy (non-hydrogen) atoms. The van der Waals surface area contributed by atoms with Crippen LogP contribution in [0, 0.1) is 6.42 Å². The van der Waals surface area contributed by atoms with Gasteiger partial charge in [-0.15, -0.1) is 0 Å². The van der Waals surface area contributed by atoms with Crippen molar-refractivity contribution in [2.24, 2.45) is 0 Å². The van der Waals surface area contributed by atoms with Gasteiger partial charge in [0.25, 0.3) is 0 Å². The normalized spacial score (nSPS) is 11.5. The minimum atomic E-state index is 1.15. The Balaban J connectivity index is 3.14. The van der Waals surface area contributed by atoms with Gasteiger partial charge in [-0.1, -0.05) is 13.8 Å². The predicted molar refractivity (Wildman–Crippen MR) is 59.9 cm³/mol. The van der Waals surface area contributed by atoms with Gasteiger partial charge in [-0.25, -0.2) is 0 Å². The van der Waals surface area contributed by atoms with Crippen LogP contribution in [-0.4, -0.2) is 50.1 Å². The first-order valence-corrected chi connectivity index (χ1v) is 5.39. The van der Waals surface area contributed by atoms with E-state index in [4.69, 9.17) is 0 Å².